The molecule has 0 spiro atoms. The van der Waals surface area contributed by atoms with E-state index in [0.717, 1.165) is 20.7 Å². The first-order valence-corrected chi connectivity index (χ1v) is 7.73. The molecule has 0 bridgehead atoms. The van der Waals surface area contributed by atoms with Crippen LogP contribution in [0.5, 0.6) is 0 Å². The highest BCUT2D eigenvalue weighted by molar-refractivity contribution is 7.18. The first-order chi connectivity index (χ1) is 9.95. The molecule has 0 unspecified atom stereocenters. The Morgan fingerprint density at radius 3 is 2.81 bits per heavy atom. The lowest BCUT2D eigenvalue weighted by Crippen LogP contribution is -2.24. The molecule has 0 aliphatic carbocycles. The van der Waals surface area contributed by atoms with Crippen LogP contribution in [0, 0.1) is 6.92 Å². The van der Waals surface area contributed by atoms with Gasteiger partial charge in [0.15, 0.2) is 0 Å². The molecule has 2 N–H and O–H groups in total. The lowest BCUT2D eigenvalue weighted by atomic mass is 10.2. The van der Waals surface area contributed by atoms with E-state index in [1.165, 1.54) is 11.3 Å². The Balaban J connectivity index is 2.18. The van der Waals surface area contributed by atoms with E-state index in [0.29, 0.717) is 16.6 Å². The number of halogens is 2. The number of anilines is 1. The van der Waals surface area contributed by atoms with Gasteiger partial charge in [0.25, 0.3) is 0 Å². The van der Waals surface area contributed by atoms with Crippen LogP contribution in [0.2, 0.25) is 10.0 Å². The normalized spacial score (nSPS) is 11.2. The zero-order chi connectivity index (χ0) is 15.1. The molecule has 4 nitrogen and oxygen atoms in total. The molecule has 0 saturated heterocycles. The Kier molecular flexibility index (Phi) is 3.65. The van der Waals surface area contributed by atoms with Crippen LogP contribution in [0.3, 0.4) is 0 Å². The largest absolute Gasteiger partial charge is 0.383 e. The van der Waals surface area contributed by atoms with Crippen LogP contribution < -0.4 is 11.4 Å². The van der Waals surface area contributed by atoms with E-state index in [1.54, 1.807) is 22.8 Å². The van der Waals surface area contributed by atoms with Gasteiger partial charge in [-0.1, -0.05) is 29.3 Å². The van der Waals surface area contributed by atoms with Gasteiger partial charge in [-0.05, 0) is 30.7 Å². The molecular formula is C14H11Cl2N3OS. The number of aromatic nitrogens is 2. The van der Waals surface area contributed by atoms with E-state index in [1.807, 2.05) is 13.0 Å². The SMILES string of the molecule is Cc1cc2c(N)nc(=O)n(Cc3ccc(Cl)cc3Cl)c2s1. The van der Waals surface area contributed by atoms with E-state index in [4.69, 9.17) is 28.9 Å². The number of nitrogen functional groups attached to an aromatic ring is 1. The Morgan fingerprint density at radius 2 is 2.10 bits per heavy atom. The molecule has 0 saturated carbocycles. The van der Waals surface area contributed by atoms with E-state index in [-0.39, 0.29) is 11.5 Å². The summed E-state index contributed by atoms with van der Waals surface area (Å²) in [5.74, 6) is 0.262. The van der Waals surface area contributed by atoms with Crippen molar-refractivity contribution in [1.82, 2.24) is 9.55 Å². The summed E-state index contributed by atoms with van der Waals surface area (Å²) < 4.78 is 1.58. The smallest absolute Gasteiger partial charge is 0.350 e. The number of aryl methyl sites for hydroxylation is 1. The summed E-state index contributed by atoms with van der Waals surface area (Å²) in [4.78, 5) is 17.9. The lowest BCUT2D eigenvalue weighted by molar-refractivity contribution is 0.770. The van der Waals surface area contributed by atoms with E-state index >= 15 is 0 Å². The fourth-order valence-electron chi connectivity index (χ4n) is 2.16. The number of rotatable bonds is 2. The van der Waals surface area contributed by atoms with Crippen LogP contribution in [0.25, 0.3) is 10.2 Å². The van der Waals surface area contributed by atoms with Gasteiger partial charge in [-0.2, -0.15) is 4.98 Å². The van der Waals surface area contributed by atoms with Crippen molar-refractivity contribution in [1.29, 1.82) is 0 Å². The fourth-order valence-corrected chi connectivity index (χ4v) is 3.63. The molecule has 0 aliphatic heterocycles. The summed E-state index contributed by atoms with van der Waals surface area (Å²) in [5.41, 5.74) is 6.25. The molecule has 0 fully saturated rings. The van der Waals surface area contributed by atoms with Gasteiger partial charge in [-0.25, -0.2) is 4.79 Å². The highest BCUT2D eigenvalue weighted by Gasteiger charge is 2.13. The van der Waals surface area contributed by atoms with Gasteiger partial charge in [-0.3, -0.25) is 4.57 Å². The maximum Gasteiger partial charge on any atom is 0.350 e. The van der Waals surface area contributed by atoms with Crippen molar-refractivity contribution < 1.29 is 0 Å². The fraction of sp³-hybridized carbons (Fsp3) is 0.143. The minimum Gasteiger partial charge on any atom is -0.383 e. The van der Waals surface area contributed by atoms with Crippen LogP contribution in [-0.2, 0) is 6.54 Å². The molecule has 1 aromatic carbocycles. The Hall–Kier alpha value is -1.56. The number of hydrogen-bond donors (Lipinski definition) is 1. The predicted octanol–water partition coefficient (Wildman–Crippen LogP) is 3.70. The standard InChI is InChI=1S/C14H11Cl2N3OS/c1-7-4-10-12(17)18-14(20)19(13(10)21-7)6-8-2-3-9(15)5-11(8)16/h2-5H,6H2,1H3,(H2,17,18,20). The van der Waals surface area contributed by atoms with Gasteiger partial charge in [0.05, 0.1) is 11.9 Å². The van der Waals surface area contributed by atoms with Crippen LogP contribution in [-0.4, -0.2) is 9.55 Å². The average molecular weight is 340 g/mol. The monoisotopic (exact) mass is 339 g/mol. The average Bonchev–Trinajstić information content (AvgIpc) is 2.79. The van der Waals surface area contributed by atoms with Crippen molar-refractivity contribution in [3.8, 4) is 0 Å². The van der Waals surface area contributed by atoms with E-state index in [9.17, 15) is 4.79 Å². The van der Waals surface area contributed by atoms with E-state index in [2.05, 4.69) is 4.98 Å². The minimum atomic E-state index is -0.382. The first-order valence-electron chi connectivity index (χ1n) is 6.16. The third-order valence-corrected chi connectivity index (χ3v) is 4.81. The van der Waals surface area contributed by atoms with Crippen LogP contribution in [0.15, 0.2) is 29.1 Å². The van der Waals surface area contributed by atoms with Crippen molar-refractivity contribution in [2.45, 2.75) is 13.5 Å². The van der Waals surface area contributed by atoms with Crippen molar-refractivity contribution >= 4 is 50.6 Å². The molecule has 0 atom stereocenters. The molecule has 21 heavy (non-hydrogen) atoms. The highest BCUT2D eigenvalue weighted by atomic mass is 35.5. The Morgan fingerprint density at radius 1 is 1.33 bits per heavy atom. The molecule has 3 aromatic rings. The molecule has 108 valence electrons. The highest BCUT2D eigenvalue weighted by Crippen LogP contribution is 2.28. The zero-order valence-corrected chi connectivity index (χ0v) is 13.4. The summed E-state index contributed by atoms with van der Waals surface area (Å²) in [5, 5.41) is 1.87. The summed E-state index contributed by atoms with van der Waals surface area (Å²) >= 11 is 13.6. The Bertz CT molecular complexity index is 901. The van der Waals surface area contributed by atoms with Gasteiger partial charge >= 0.3 is 5.69 Å². The molecular weight excluding hydrogens is 329 g/mol. The van der Waals surface area contributed by atoms with Crippen molar-refractivity contribution in [3.63, 3.8) is 0 Å². The Labute approximate surface area is 134 Å². The minimum absolute atomic E-state index is 0.262. The predicted molar refractivity (Wildman–Crippen MR) is 88.6 cm³/mol. The van der Waals surface area contributed by atoms with Crippen LogP contribution >= 0.6 is 34.5 Å². The third kappa shape index (κ3) is 2.64. The van der Waals surface area contributed by atoms with Crippen molar-refractivity contribution in [3.05, 3.63) is 55.2 Å². The molecule has 3 rings (SSSR count). The quantitative estimate of drug-likeness (QED) is 0.774. The van der Waals surface area contributed by atoms with Gasteiger partial charge in [0.1, 0.15) is 10.6 Å². The third-order valence-electron chi connectivity index (χ3n) is 3.15. The molecule has 2 heterocycles. The second-order valence-electron chi connectivity index (χ2n) is 4.68. The number of fused-ring (bicyclic) bond motifs is 1. The summed E-state index contributed by atoms with van der Waals surface area (Å²) in [7, 11) is 0. The molecule has 0 radical (unpaired) electrons. The number of hydrogen-bond acceptors (Lipinski definition) is 4. The molecule has 0 aliphatic rings. The zero-order valence-electron chi connectivity index (χ0n) is 11.1. The van der Waals surface area contributed by atoms with Crippen molar-refractivity contribution in [2.75, 3.05) is 5.73 Å². The second kappa shape index (κ2) is 5.33. The van der Waals surface area contributed by atoms with Gasteiger partial charge < -0.3 is 5.73 Å². The number of nitrogens with two attached hydrogens (primary N) is 1. The van der Waals surface area contributed by atoms with Gasteiger partial charge in [-0.15, -0.1) is 11.3 Å². The van der Waals surface area contributed by atoms with Crippen LogP contribution in [0.1, 0.15) is 10.4 Å². The maximum atomic E-state index is 12.2. The first kappa shape index (κ1) is 14.4. The number of thiophene rings is 1. The van der Waals surface area contributed by atoms with Crippen molar-refractivity contribution in [2.24, 2.45) is 0 Å². The molecule has 2 aromatic heterocycles. The lowest BCUT2D eigenvalue weighted by Gasteiger charge is -2.09. The maximum absolute atomic E-state index is 12.2. The molecule has 0 amide bonds. The summed E-state index contributed by atoms with van der Waals surface area (Å²) in [6, 6.07) is 7.14. The topological polar surface area (TPSA) is 60.9 Å². The van der Waals surface area contributed by atoms with Crippen LogP contribution in [0.4, 0.5) is 5.82 Å². The number of nitrogens with zero attached hydrogens (tertiary/aromatic N) is 2. The van der Waals surface area contributed by atoms with Gasteiger partial charge in [0, 0.05) is 14.9 Å². The number of benzene rings is 1. The van der Waals surface area contributed by atoms with E-state index < -0.39 is 0 Å². The summed E-state index contributed by atoms with van der Waals surface area (Å²) in [6.45, 7) is 2.30. The molecule has 7 heteroatoms. The summed E-state index contributed by atoms with van der Waals surface area (Å²) in [6.07, 6.45) is 0. The van der Waals surface area contributed by atoms with Gasteiger partial charge in [0.2, 0.25) is 0 Å². The second-order valence-corrected chi connectivity index (χ2v) is 6.76.